The van der Waals surface area contributed by atoms with Crippen LogP contribution in [0.5, 0.6) is 0 Å². The summed E-state index contributed by atoms with van der Waals surface area (Å²) in [6.45, 7) is 14.0. The molecule has 0 aliphatic carbocycles. The van der Waals surface area contributed by atoms with Gasteiger partial charge in [-0.1, -0.05) is 0 Å². The number of hydrogen-bond acceptors (Lipinski definition) is 4. The van der Waals surface area contributed by atoms with Gasteiger partial charge in [0, 0.05) is 24.2 Å². The summed E-state index contributed by atoms with van der Waals surface area (Å²) >= 11 is 0. The Morgan fingerprint density at radius 2 is 0.778 bits per heavy atom. The lowest BCUT2D eigenvalue weighted by Gasteiger charge is -2.40. The highest BCUT2D eigenvalue weighted by Gasteiger charge is 2.48. The third-order valence-electron chi connectivity index (χ3n) is 5.73. The first-order valence-electron chi connectivity index (χ1n) is 7.29. The average molecular weight is 254 g/mol. The zero-order valence-electron chi connectivity index (χ0n) is 13.3. The first-order valence-corrected chi connectivity index (χ1v) is 7.29. The normalized spacial score (nSPS) is 49.3. The second-order valence-corrected chi connectivity index (χ2v) is 6.32. The van der Waals surface area contributed by atoms with Crippen molar-refractivity contribution in [2.75, 3.05) is 14.1 Å². The molecule has 2 heterocycles. The van der Waals surface area contributed by atoms with E-state index in [1.54, 1.807) is 0 Å². The summed E-state index contributed by atoms with van der Waals surface area (Å²) in [6, 6.07) is 2.38. The minimum atomic E-state index is 0.485. The van der Waals surface area contributed by atoms with Crippen LogP contribution in [0.15, 0.2) is 0 Å². The van der Waals surface area contributed by atoms with E-state index in [9.17, 15) is 0 Å². The molecule has 2 aliphatic heterocycles. The second-order valence-electron chi connectivity index (χ2n) is 6.32. The van der Waals surface area contributed by atoms with Crippen molar-refractivity contribution in [2.24, 2.45) is 0 Å². The number of likely N-dealkylation sites (N-methyl/N-ethyl adjacent to an activating group) is 2. The molecule has 18 heavy (non-hydrogen) atoms. The molecule has 2 saturated heterocycles. The molecule has 0 saturated carbocycles. The number of rotatable bonds is 1. The zero-order valence-corrected chi connectivity index (χ0v) is 13.3. The van der Waals surface area contributed by atoms with E-state index in [1.165, 1.54) is 0 Å². The zero-order chi connectivity index (χ0) is 13.8. The lowest BCUT2D eigenvalue weighted by atomic mass is 10.1. The van der Waals surface area contributed by atoms with Crippen molar-refractivity contribution in [2.45, 2.75) is 78.0 Å². The minimum absolute atomic E-state index is 0.485. The maximum Gasteiger partial charge on any atom is 0.0736 e. The Balaban J connectivity index is 2.26. The molecule has 6 atom stereocenters. The second kappa shape index (κ2) is 4.75. The minimum Gasteiger partial charge on any atom is -0.286 e. The summed E-state index contributed by atoms with van der Waals surface area (Å²) in [4.78, 5) is 4.96. The summed E-state index contributed by atoms with van der Waals surface area (Å²) in [5, 5.41) is 5.19. The molecule has 0 spiro atoms. The van der Waals surface area contributed by atoms with Crippen LogP contribution >= 0.6 is 0 Å². The fourth-order valence-corrected chi connectivity index (χ4v) is 3.66. The maximum absolute atomic E-state index is 2.60. The molecule has 4 heteroatoms. The first kappa shape index (κ1) is 14.3. The van der Waals surface area contributed by atoms with Gasteiger partial charge in [0.1, 0.15) is 0 Å². The van der Waals surface area contributed by atoms with E-state index in [2.05, 4.69) is 75.5 Å². The highest BCUT2D eigenvalue weighted by atomic mass is 15.8. The highest BCUT2D eigenvalue weighted by molar-refractivity contribution is 4.96. The topological polar surface area (TPSA) is 13.0 Å². The molecular formula is C14H30N4. The highest BCUT2D eigenvalue weighted by Crippen LogP contribution is 2.34. The molecule has 2 fully saturated rings. The van der Waals surface area contributed by atoms with Crippen LogP contribution in [0.25, 0.3) is 0 Å². The van der Waals surface area contributed by atoms with Crippen molar-refractivity contribution >= 4 is 0 Å². The Morgan fingerprint density at radius 1 is 0.500 bits per heavy atom. The summed E-state index contributed by atoms with van der Waals surface area (Å²) in [5.74, 6) is 0. The maximum atomic E-state index is 2.60. The van der Waals surface area contributed by atoms with Crippen LogP contribution in [-0.2, 0) is 0 Å². The van der Waals surface area contributed by atoms with Gasteiger partial charge in [0.15, 0.2) is 0 Å². The van der Waals surface area contributed by atoms with Crippen LogP contribution in [0.3, 0.4) is 0 Å². The number of hydrazine groups is 1. The average Bonchev–Trinajstić information content (AvgIpc) is 2.64. The van der Waals surface area contributed by atoms with E-state index in [0.717, 1.165) is 0 Å². The fourth-order valence-electron chi connectivity index (χ4n) is 3.66. The standard InChI is InChI=1S/C14H30N4/c1-9-11(3)17(13(5)15(9)7)18-12(4)10(2)16(8)14(18)6/h9-14H,1-8H3. The summed E-state index contributed by atoms with van der Waals surface area (Å²) in [5.41, 5.74) is 0. The van der Waals surface area contributed by atoms with Gasteiger partial charge >= 0.3 is 0 Å². The van der Waals surface area contributed by atoms with Crippen LogP contribution in [0.2, 0.25) is 0 Å². The molecule has 0 N–H and O–H groups in total. The van der Waals surface area contributed by atoms with Crippen LogP contribution in [0, 0.1) is 0 Å². The SMILES string of the molecule is CC1C(C)N(N2C(C)C(C)N(C)C2C)C(C)N1C. The van der Waals surface area contributed by atoms with Gasteiger partial charge in [-0.3, -0.25) is 9.80 Å². The summed E-state index contributed by atoms with van der Waals surface area (Å²) in [6.07, 6.45) is 0.970. The monoisotopic (exact) mass is 254 g/mol. The molecule has 4 nitrogen and oxygen atoms in total. The largest absolute Gasteiger partial charge is 0.286 e. The molecule has 2 rings (SSSR count). The molecule has 2 aliphatic rings. The van der Waals surface area contributed by atoms with Gasteiger partial charge in [0.25, 0.3) is 0 Å². The predicted octanol–water partition coefficient (Wildman–Crippen LogP) is 1.64. The van der Waals surface area contributed by atoms with E-state index in [0.29, 0.717) is 36.5 Å². The van der Waals surface area contributed by atoms with Crippen LogP contribution < -0.4 is 0 Å². The fraction of sp³-hybridized carbons (Fsp3) is 1.00. The first-order chi connectivity index (χ1) is 8.29. The van der Waals surface area contributed by atoms with E-state index in [1.807, 2.05) is 0 Å². The molecule has 0 bridgehead atoms. The molecule has 0 aromatic rings. The summed E-state index contributed by atoms with van der Waals surface area (Å²) < 4.78 is 0. The van der Waals surface area contributed by atoms with Crippen LogP contribution in [-0.4, -0.2) is 70.4 Å². The van der Waals surface area contributed by atoms with Crippen molar-refractivity contribution in [3.05, 3.63) is 0 Å². The van der Waals surface area contributed by atoms with Gasteiger partial charge in [0.05, 0.1) is 12.3 Å². The lowest BCUT2D eigenvalue weighted by Crippen LogP contribution is -2.55. The van der Waals surface area contributed by atoms with E-state index in [-0.39, 0.29) is 0 Å². The number of nitrogens with zero attached hydrogens (tertiary/aromatic N) is 4. The van der Waals surface area contributed by atoms with Crippen molar-refractivity contribution in [3.63, 3.8) is 0 Å². The van der Waals surface area contributed by atoms with Gasteiger partial charge in [-0.2, -0.15) is 0 Å². The van der Waals surface area contributed by atoms with E-state index >= 15 is 0 Å². The van der Waals surface area contributed by atoms with E-state index in [4.69, 9.17) is 0 Å². The summed E-state index contributed by atoms with van der Waals surface area (Å²) in [7, 11) is 4.48. The van der Waals surface area contributed by atoms with Crippen LogP contribution in [0.1, 0.15) is 41.5 Å². The molecule has 0 aromatic carbocycles. The number of hydrogen-bond donors (Lipinski definition) is 0. The third kappa shape index (κ3) is 1.82. The van der Waals surface area contributed by atoms with Crippen molar-refractivity contribution in [3.8, 4) is 0 Å². The molecule has 0 radical (unpaired) electrons. The van der Waals surface area contributed by atoms with Gasteiger partial charge in [-0.15, -0.1) is 0 Å². The molecule has 6 unspecified atom stereocenters. The Morgan fingerprint density at radius 3 is 0.944 bits per heavy atom. The molecule has 0 amide bonds. The molecule has 106 valence electrons. The van der Waals surface area contributed by atoms with Crippen molar-refractivity contribution in [1.29, 1.82) is 0 Å². The van der Waals surface area contributed by atoms with Crippen molar-refractivity contribution < 1.29 is 0 Å². The van der Waals surface area contributed by atoms with Gasteiger partial charge < -0.3 is 0 Å². The van der Waals surface area contributed by atoms with E-state index < -0.39 is 0 Å². The Bertz CT molecular complexity index is 250. The van der Waals surface area contributed by atoms with Crippen LogP contribution in [0.4, 0.5) is 0 Å². The van der Waals surface area contributed by atoms with Gasteiger partial charge in [-0.05, 0) is 55.6 Å². The predicted molar refractivity (Wildman–Crippen MR) is 76.0 cm³/mol. The quantitative estimate of drug-likeness (QED) is 0.705. The Hall–Kier alpha value is -0.160. The lowest BCUT2D eigenvalue weighted by molar-refractivity contribution is -0.113. The molecular weight excluding hydrogens is 224 g/mol. The Labute approximate surface area is 112 Å². The third-order valence-corrected chi connectivity index (χ3v) is 5.73. The molecule has 0 aromatic heterocycles. The van der Waals surface area contributed by atoms with Crippen molar-refractivity contribution in [1.82, 2.24) is 19.8 Å². The Kier molecular flexibility index (Phi) is 3.76. The van der Waals surface area contributed by atoms with Gasteiger partial charge in [0.2, 0.25) is 0 Å². The smallest absolute Gasteiger partial charge is 0.0736 e. The van der Waals surface area contributed by atoms with Gasteiger partial charge in [-0.25, -0.2) is 10.0 Å².